The molecule has 6 aliphatic rings. The van der Waals surface area contributed by atoms with E-state index in [2.05, 4.69) is 124 Å². The van der Waals surface area contributed by atoms with Gasteiger partial charge in [0.25, 0.3) is 5.91 Å². The van der Waals surface area contributed by atoms with Crippen LogP contribution in [0.3, 0.4) is 0 Å². The van der Waals surface area contributed by atoms with Crippen LogP contribution in [0.5, 0.6) is 23.0 Å². The number of anilines is 4. The number of ketones is 2. The van der Waals surface area contributed by atoms with E-state index in [1.807, 2.05) is 118 Å². The molecular formula is C84H85N13O9. The highest BCUT2D eigenvalue weighted by Gasteiger charge is 2.43. The lowest BCUT2D eigenvalue weighted by Gasteiger charge is -2.45. The van der Waals surface area contributed by atoms with E-state index in [-0.39, 0.29) is 82.8 Å². The maximum atomic E-state index is 12.5. The first kappa shape index (κ1) is 71.5. The number of nitrogens with zero attached hydrogens (tertiary/aromatic N) is 8. The Hall–Kier alpha value is -12.9. The molecule has 0 saturated carbocycles. The van der Waals surface area contributed by atoms with Gasteiger partial charge in [0.15, 0.2) is 11.6 Å². The van der Waals surface area contributed by atoms with E-state index in [1.54, 1.807) is 73.3 Å². The maximum Gasteiger partial charge on any atom is 0.254 e. The minimum atomic E-state index is -0.572. The summed E-state index contributed by atoms with van der Waals surface area (Å²) in [6.45, 7) is 17.3. The van der Waals surface area contributed by atoms with Crippen LogP contribution in [0.1, 0.15) is 71.4 Å². The number of amides is 3. The van der Waals surface area contributed by atoms with E-state index in [4.69, 9.17) is 0 Å². The number of para-hydroxylation sites is 2. The van der Waals surface area contributed by atoms with Crippen molar-refractivity contribution in [3.05, 3.63) is 302 Å². The second-order valence-corrected chi connectivity index (χ2v) is 27.2. The molecule has 6 unspecified atom stereocenters. The quantitative estimate of drug-likeness (QED) is 0.0407. The Balaban J connectivity index is 0.000000125. The molecule has 106 heavy (non-hydrogen) atoms. The van der Waals surface area contributed by atoms with Crippen LogP contribution >= 0.6 is 0 Å². The largest absolute Gasteiger partial charge is 0.508 e. The first-order valence-electron chi connectivity index (χ1n) is 35.4. The van der Waals surface area contributed by atoms with Crippen molar-refractivity contribution >= 4 is 52.0 Å². The third kappa shape index (κ3) is 17.3. The van der Waals surface area contributed by atoms with E-state index >= 15 is 0 Å². The van der Waals surface area contributed by atoms with E-state index in [0.717, 1.165) is 106 Å². The SMILES string of the molecule is C=C1CC(=O)C(CC2CN(c3ccccc3)CCN2c2cccc(O)c2)N1.C=C1CC(c2c(Cc3ccccc3)ncn2Cc2cccc(O)c2)C(=O)N1.C=C1NC(=O)C(c2c(-c3ccccc3)ncn2Cc2cccc(O)c2)N1.O=C1CC(=O)C(C2CN(c3ccccc3)CCN2c2cccc(O)c2)N1. The molecule has 0 radical (unpaired) electrons. The molecule has 2 aromatic heterocycles. The summed E-state index contributed by atoms with van der Waals surface area (Å²) >= 11 is 0. The minimum absolute atomic E-state index is 0.0352. The highest BCUT2D eigenvalue weighted by atomic mass is 16.3. The molecule has 6 fully saturated rings. The van der Waals surface area contributed by atoms with E-state index < -0.39 is 12.1 Å². The highest BCUT2D eigenvalue weighted by molar-refractivity contribution is 6.08. The Morgan fingerprint density at radius 2 is 0.981 bits per heavy atom. The molecule has 0 aliphatic carbocycles. The number of hydrogen-bond donors (Lipinski definition) is 9. The average molecular weight is 1420 g/mol. The van der Waals surface area contributed by atoms with Crippen LogP contribution in [0, 0.1) is 0 Å². The van der Waals surface area contributed by atoms with Crippen molar-refractivity contribution in [3.8, 4) is 34.3 Å². The molecule has 9 N–H and O–H groups in total. The number of phenolic OH excluding ortho intramolecular Hbond substituents is 4. The Kier molecular flexibility index (Phi) is 22.0. The van der Waals surface area contributed by atoms with Crippen molar-refractivity contribution < 1.29 is 44.4 Å². The monoisotopic (exact) mass is 1420 g/mol. The number of allylic oxidation sites excluding steroid dienone is 2. The number of phenols is 4. The topological polar surface area (TPSA) is 275 Å². The van der Waals surface area contributed by atoms with Crippen LogP contribution in [-0.2, 0) is 43.5 Å². The molecule has 0 bridgehead atoms. The Morgan fingerprint density at radius 1 is 0.462 bits per heavy atom. The maximum absolute atomic E-state index is 12.5. The molecular weight excluding hydrogens is 1340 g/mol. The number of rotatable bonds is 16. The summed E-state index contributed by atoms with van der Waals surface area (Å²) in [6.07, 6.45) is 5.83. The summed E-state index contributed by atoms with van der Waals surface area (Å²) in [5.74, 6) is 0.800. The van der Waals surface area contributed by atoms with Crippen LogP contribution in [-0.4, -0.2) is 132 Å². The fourth-order valence-corrected chi connectivity index (χ4v) is 14.8. The summed E-state index contributed by atoms with van der Waals surface area (Å²) in [5.41, 5.74) is 13.0. The molecule has 22 nitrogen and oxygen atoms in total. The van der Waals surface area contributed by atoms with Crippen LogP contribution in [0.2, 0.25) is 0 Å². The van der Waals surface area contributed by atoms with Crippen molar-refractivity contribution in [2.45, 2.75) is 81.3 Å². The van der Waals surface area contributed by atoms with Gasteiger partial charge in [-0.15, -0.1) is 0 Å². The number of carbonyl (C=O) groups excluding carboxylic acids is 5. The van der Waals surface area contributed by atoms with Crippen LogP contribution in [0.4, 0.5) is 22.7 Å². The smallest absolute Gasteiger partial charge is 0.254 e. The second-order valence-electron chi connectivity index (χ2n) is 27.2. The molecule has 6 atom stereocenters. The number of hydrogen-bond acceptors (Lipinski definition) is 17. The number of aromatic hydroxyl groups is 4. The second kappa shape index (κ2) is 32.6. The van der Waals surface area contributed by atoms with Crippen molar-refractivity contribution in [1.82, 2.24) is 45.7 Å². The lowest BCUT2D eigenvalue weighted by molar-refractivity contribution is -0.123. The predicted octanol–water partition coefficient (Wildman–Crippen LogP) is 10.3. The molecule has 22 heteroatoms. The fraction of sp³-hybridized carbons (Fsp3) is 0.226. The molecule has 3 amide bonds. The lowest BCUT2D eigenvalue weighted by Crippen LogP contribution is -2.61. The summed E-state index contributed by atoms with van der Waals surface area (Å²) in [5, 5.41) is 53.9. The van der Waals surface area contributed by atoms with Gasteiger partial charge in [0, 0.05) is 130 Å². The van der Waals surface area contributed by atoms with Crippen molar-refractivity contribution in [2.75, 3.05) is 58.9 Å². The molecule has 10 aromatic rings. The van der Waals surface area contributed by atoms with Gasteiger partial charge in [-0.2, -0.15) is 0 Å². The van der Waals surface area contributed by atoms with Gasteiger partial charge in [-0.05, 0) is 95.9 Å². The number of benzene rings is 8. The summed E-state index contributed by atoms with van der Waals surface area (Å²) in [4.78, 5) is 79.6. The van der Waals surface area contributed by atoms with E-state index in [0.29, 0.717) is 51.3 Å². The van der Waals surface area contributed by atoms with Crippen LogP contribution in [0.15, 0.2) is 268 Å². The summed E-state index contributed by atoms with van der Waals surface area (Å²) in [6, 6.07) is 67.6. The van der Waals surface area contributed by atoms with Crippen LogP contribution in [0.25, 0.3) is 11.3 Å². The van der Waals surface area contributed by atoms with E-state index in [9.17, 15) is 44.4 Å². The predicted molar refractivity (Wildman–Crippen MR) is 409 cm³/mol. The third-order valence-corrected chi connectivity index (χ3v) is 19.7. The average Bonchev–Trinajstić information content (AvgIpc) is 1.45. The number of carbonyl (C=O) groups is 5. The molecule has 6 aliphatic heterocycles. The Bertz CT molecular complexity index is 4840. The van der Waals surface area contributed by atoms with Gasteiger partial charge in [0.2, 0.25) is 11.8 Å². The van der Waals surface area contributed by atoms with Gasteiger partial charge < -0.3 is 75.7 Å². The van der Waals surface area contributed by atoms with Gasteiger partial charge in [0.05, 0.1) is 65.7 Å². The molecule has 0 spiro atoms. The number of imidazole rings is 2. The fourth-order valence-electron chi connectivity index (χ4n) is 14.8. The van der Waals surface area contributed by atoms with Gasteiger partial charge in [-0.3, -0.25) is 24.0 Å². The number of Topliss-reactive ketones (excluding diaryl/α,β-unsaturated/α-hetero) is 2. The molecule has 540 valence electrons. The van der Waals surface area contributed by atoms with Gasteiger partial charge in [-0.25, -0.2) is 9.97 Å². The standard InChI is InChI=1S/C22H21N3O2.C22H25N3O2.C20H18N4O2.C20H21N3O3/c1-15-10-19(22(27)24-15)21-20(12-16-6-3-2-4-7-16)23-14-25(21)13-17-8-5-9-18(26)11-17;1-16-12-22(27)21(23-16)14-19-15-24(17-6-3-2-4-7-17)10-11-25(19)18-8-5-9-20(26)13-18;1-13-22-18(20(26)23-13)19-17(15-7-3-2-4-8-15)21-12-24(19)11-14-6-5-9-16(25)10-14;24-16-8-4-7-15(11-16)23-10-9-22(14-5-2-1-3-6-14)13-17(23)20-18(25)12-19(26)21-20/h2-9,11,14,19,26H,1,10,12-13H2,(H,24,27);2-9,13,19,21,23,26H,1,10-12,14-15H2;2-10,12,18,22,25H,1,11H2,(H,23,26);1-8,11,17,20,24H,9-10,12-13H2,(H,21,26). The van der Waals surface area contributed by atoms with Crippen molar-refractivity contribution in [1.29, 1.82) is 0 Å². The zero-order valence-corrected chi connectivity index (χ0v) is 58.6. The number of piperazine rings is 2. The molecule has 8 heterocycles. The highest BCUT2D eigenvalue weighted by Crippen LogP contribution is 2.36. The first-order chi connectivity index (χ1) is 51.4. The normalized spacial score (nSPS) is 19.7. The van der Waals surface area contributed by atoms with Gasteiger partial charge >= 0.3 is 0 Å². The van der Waals surface area contributed by atoms with Gasteiger partial charge in [0.1, 0.15) is 35.1 Å². The lowest BCUT2D eigenvalue weighted by atomic mass is 9.97. The molecule has 8 aromatic carbocycles. The first-order valence-corrected chi connectivity index (χ1v) is 35.4. The van der Waals surface area contributed by atoms with Crippen LogP contribution < -0.4 is 46.2 Å². The van der Waals surface area contributed by atoms with Crippen molar-refractivity contribution in [2.24, 2.45) is 0 Å². The van der Waals surface area contributed by atoms with Crippen molar-refractivity contribution in [3.63, 3.8) is 0 Å². The third-order valence-electron chi connectivity index (χ3n) is 19.7. The molecule has 6 saturated heterocycles. The zero-order chi connectivity index (χ0) is 73.8. The van der Waals surface area contributed by atoms with E-state index in [1.165, 1.54) is 5.69 Å². The number of nitrogens with one attached hydrogen (secondary N) is 5. The Labute approximate surface area is 615 Å². The number of aromatic nitrogens is 4. The summed E-state index contributed by atoms with van der Waals surface area (Å²) in [7, 11) is 0. The van der Waals surface area contributed by atoms with Gasteiger partial charge in [-0.1, -0.05) is 153 Å². The zero-order valence-electron chi connectivity index (χ0n) is 58.6. The summed E-state index contributed by atoms with van der Waals surface area (Å²) < 4.78 is 3.93. The molecule has 16 rings (SSSR count). The minimum Gasteiger partial charge on any atom is -0.508 e. The Morgan fingerprint density at radius 3 is 1.51 bits per heavy atom.